The van der Waals surface area contributed by atoms with Crippen LogP contribution in [0.15, 0.2) is 21.7 Å². The van der Waals surface area contributed by atoms with Gasteiger partial charge in [0.05, 0.1) is 4.21 Å². The molecule has 0 spiro atoms. The van der Waals surface area contributed by atoms with Gasteiger partial charge in [-0.05, 0) is 11.4 Å². The molecule has 0 saturated carbocycles. The lowest BCUT2D eigenvalue weighted by Gasteiger charge is -2.06. The molecular formula is C7H9NO2S2. The van der Waals surface area contributed by atoms with Crippen molar-refractivity contribution < 1.29 is 9.90 Å². The highest BCUT2D eigenvalue weighted by atomic mass is 32.2. The van der Waals surface area contributed by atoms with Crippen LogP contribution in [0, 0.1) is 0 Å². The maximum absolute atomic E-state index is 10.6. The van der Waals surface area contributed by atoms with Crippen LogP contribution in [-0.4, -0.2) is 22.9 Å². The summed E-state index contributed by atoms with van der Waals surface area (Å²) in [4.78, 5) is 10.6. The van der Waals surface area contributed by atoms with Gasteiger partial charge in [0.25, 0.3) is 0 Å². The molecule has 0 amide bonds. The molecule has 0 aliphatic carbocycles. The van der Waals surface area contributed by atoms with Gasteiger partial charge in [0.1, 0.15) is 5.25 Å². The second-order valence-electron chi connectivity index (χ2n) is 2.11. The smallest absolute Gasteiger partial charge is 0.318 e. The summed E-state index contributed by atoms with van der Waals surface area (Å²) in [5, 5.41) is 10.1. The van der Waals surface area contributed by atoms with Crippen LogP contribution in [0.25, 0.3) is 0 Å². The van der Waals surface area contributed by atoms with Gasteiger partial charge in [-0.3, -0.25) is 4.79 Å². The minimum Gasteiger partial charge on any atom is -0.480 e. The largest absolute Gasteiger partial charge is 0.480 e. The van der Waals surface area contributed by atoms with E-state index in [0.29, 0.717) is 0 Å². The number of carboxylic acids is 1. The zero-order valence-electron chi connectivity index (χ0n) is 6.27. The van der Waals surface area contributed by atoms with Crippen LogP contribution in [0.4, 0.5) is 0 Å². The highest BCUT2D eigenvalue weighted by Crippen LogP contribution is 2.27. The van der Waals surface area contributed by atoms with Crippen molar-refractivity contribution in [2.45, 2.75) is 9.46 Å². The van der Waals surface area contributed by atoms with Crippen LogP contribution >= 0.6 is 23.1 Å². The summed E-state index contributed by atoms with van der Waals surface area (Å²) in [6, 6.07) is 3.78. The Balaban J connectivity index is 2.54. The lowest BCUT2D eigenvalue weighted by molar-refractivity contribution is -0.136. The molecule has 5 heteroatoms. The molecule has 1 atom stereocenters. The van der Waals surface area contributed by atoms with E-state index in [4.69, 9.17) is 10.8 Å². The zero-order valence-corrected chi connectivity index (χ0v) is 7.90. The van der Waals surface area contributed by atoms with E-state index in [9.17, 15) is 4.79 Å². The van der Waals surface area contributed by atoms with Gasteiger partial charge >= 0.3 is 5.97 Å². The molecule has 0 radical (unpaired) electrons. The number of nitrogens with two attached hydrogens (primary N) is 1. The molecule has 66 valence electrons. The third-order valence-electron chi connectivity index (χ3n) is 1.24. The number of thioether (sulfide) groups is 1. The van der Waals surface area contributed by atoms with Crippen LogP contribution in [0.3, 0.4) is 0 Å². The fraction of sp³-hybridized carbons (Fsp3) is 0.286. The summed E-state index contributed by atoms with van der Waals surface area (Å²) in [7, 11) is 0. The molecule has 0 saturated heterocycles. The van der Waals surface area contributed by atoms with Gasteiger partial charge in [0.15, 0.2) is 0 Å². The average Bonchev–Trinajstić information content (AvgIpc) is 2.51. The van der Waals surface area contributed by atoms with E-state index < -0.39 is 11.2 Å². The Hall–Kier alpha value is -0.520. The van der Waals surface area contributed by atoms with Gasteiger partial charge in [-0.1, -0.05) is 17.8 Å². The summed E-state index contributed by atoms with van der Waals surface area (Å²) < 4.78 is 0.993. The predicted octanol–water partition coefficient (Wildman–Crippen LogP) is 1.25. The molecule has 3 N–H and O–H groups in total. The molecule has 0 bridgehead atoms. The van der Waals surface area contributed by atoms with Crippen molar-refractivity contribution in [3.05, 3.63) is 17.5 Å². The second-order valence-corrected chi connectivity index (χ2v) is 4.56. The van der Waals surface area contributed by atoms with E-state index in [2.05, 4.69) is 0 Å². The van der Waals surface area contributed by atoms with E-state index in [0.717, 1.165) is 4.21 Å². The number of hydrogen-bond donors (Lipinski definition) is 2. The quantitative estimate of drug-likeness (QED) is 0.723. The number of rotatable bonds is 4. The molecule has 3 nitrogen and oxygen atoms in total. The van der Waals surface area contributed by atoms with Crippen LogP contribution in [-0.2, 0) is 4.79 Å². The lowest BCUT2D eigenvalue weighted by Crippen LogP contribution is -2.25. The van der Waals surface area contributed by atoms with Gasteiger partial charge in [-0.2, -0.15) is 0 Å². The molecule has 1 aromatic heterocycles. The van der Waals surface area contributed by atoms with Gasteiger partial charge in [-0.15, -0.1) is 11.3 Å². The van der Waals surface area contributed by atoms with Gasteiger partial charge in [-0.25, -0.2) is 0 Å². The van der Waals surface area contributed by atoms with E-state index in [1.54, 1.807) is 0 Å². The molecule has 1 unspecified atom stereocenters. The maximum Gasteiger partial charge on any atom is 0.318 e. The first-order valence-corrected chi connectivity index (χ1v) is 5.13. The third kappa shape index (κ3) is 2.51. The standard InChI is InChI=1S/C7H9NO2S2/c8-4-5(7(9)10)12-6-2-1-3-11-6/h1-3,5H,4,8H2,(H,9,10). The van der Waals surface area contributed by atoms with Crippen molar-refractivity contribution in [2.24, 2.45) is 5.73 Å². The van der Waals surface area contributed by atoms with E-state index in [1.807, 2.05) is 17.5 Å². The molecule has 0 aromatic carbocycles. The Kier molecular flexibility index (Phi) is 3.58. The highest BCUT2D eigenvalue weighted by molar-refractivity contribution is 8.02. The first-order chi connectivity index (χ1) is 5.74. The molecular weight excluding hydrogens is 194 g/mol. The number of hydrogen-bond acceptors (Lipinski definition) is 4. The fourth-order valence-corrected chi connectivity index (χ4v) is 2.49. The molecule has 0 fully saturated rings. The summed E-state index contributed by atoms with van der Waals surface area (Å²) >= 11 is 2.83. The number of thiophene rings is 1. The summed E-state index contributed by atoms with van der Waals surface area (Å²) in [6.07, 6.45) is 0. The Morgan fingerprint density at radius 3 is 3.00 bits per heavy atom. The minimum atomic E-state index is -0.851. The topological polar surface area (TPSA) is 63.3 Å². The van der Waals surface area contributed by atoms with E-state index in [-0.39, 0.29) is 6.54 Å². The Morgan fingerprint density at radius 2 is 2.58 bits per heavy atom. The van der Waals surface area contributed by atoms with Gasteiger partial charge in [0.2, 0.25) is 0 Å². The second kappa shape index (κ2) is 4.49. The van der Waals surface area contributed by atoms with Crippen molar-refractivity contribution in [1.29, 1.82) is 0 Å². The first-order valence-electron chi connectivity index (χ1n) is 3.37. The van der Waals surface area contributed by atoms with Crippen LogP contribution in [0.1, 0.15) is 0 Å². The van der Waals surface area contributed by atoms with Gasteiger partial charge in [0, 0.05) is 6.54 Å². The van der Waals surface area contributed by atoms with Crippen molar-refractivity contribution in [3.63, 3.8) is 0 Å². The van der Waals surface area contributed by atoms with Gasteiger partial charge < -0.3 is 10.8 Å². The van der Waals surface area contributed by atoms with E-state index >= 15 is 0 Å². The Labute approximate surface area is 78.6 Å². The van der Waals surface area contributed by atoms with Crippen molar-refractivity contribution in [3.8, 4) is 0 Å². The molecule has 12 heavy (non-hydrogen) atoms. The van der Waals surface area contributed by atoms with Crippen LogP contribution in [0.5, 0.6) is 0 Å². The average molecular weight is 203 g/mol. The molecule has 1 heterocycles. The van der Waals surface area contributed by atoms with Crippen LogP contribution in [0.2, 0.25) is 0 Å². The molecule has 1 aromatic rings. The third-order valence-corrected chi connectivity index (χ3v) is 3.53. The predicted molar refractivity (Wildman–Crippen MR) is 50.7 cm³/mol. The van der Waals surface area contributed by atoms with Crippen molar-refractivity contribution >= 4 is 29.1 Å². The molecule has 0 aliphatic heterocycles. The number of carboxylic acid groups (broad SMARTS) is 1. The Morgan fingerprint density at radius 1 is 1.83 bits per heavy atom. The lowest BCUT2D eigenvalue weighted by atomic mass is 10.4. The summed E-state index contributed by atoms with van der Waals surface area (Å²) in [6.45, 7) is 0.165. The summed E-state index contributed by atoms with van der Waals surface area (Å²) in [5.74, 6) is -0.851. The van der Waals surface area contributed by atoms with Crippen LogP contribution < -0.4 is 5.73 Å². The first kappa shape index (κ1) is 9.57. The minimum absolute atomic E-state index is 0.165. The van der Waals surface area contributed by atoms with Crippen molar-refractivity contribution in [1.82, 2.24) is 0 Å². The summed E-state index contributed by atoms with van der Waals surface area (Å²) in [5.41, 5.74) is 5.29. The monoisotopic (exact) mass is 203 g/mol. The fourth-order valence-electron chi connectivity index (χ4n) is 0.670. The Bertz CT molecular complexity index is 248. The number of carbonyl (C=O) groups is 1. The molecule has 0 aliphatic rings. The normalized spacial score (nSPS) is 12.8. The van der Waals surface area contributed by atoms with Crippen molar-refractivity contribution in [2.75, 3.05) is 6.54 Å². The SMILES string of the molecule is NCC(Sc1cccs1)C(=O)O. The zero-order chi connectivity index (χ0) is 8.97. The van der Waals surface area contributed by atoms with E-state index in [1.165, 1.54) is 23.1 Å². The molecule has 1 rings (SSSR count). The highest BCUT2D eigenvalue weighted by Gasteiger charge is 2.16. The maximum atomic E-state index is 10.6. The number of aliphatic carboxylic acids is 1.